The van der Waals surface area contributed by atoms with Gasteiger partial charge in [0.1, 0.15) is 5.82 Å². The van der Waals surface area contributed by atoms with Crippen molar-refractivity contribution >= 4 is 39.0 Å². The first-order valence-electron chi connectivity index (χ1n) is 8.53. The van der Waals surface area contributed by atoms with Gasteiger partial charge in [0.15, 0.2) is 0 Å². The summed E-state index contributed by atoms with van der Waals surface area (Å²) in [5.74, 6) is -0.142. The lowest BCUT2D eigenvalue weighted by molar-refractivity contribution is 0.102. The second kappa shape index (κ2) is 7.84. The van der Waals surface area contributed by atoms with Crippen LogP contribution in [0, 0.1) is 0 Å². The lowest BCUT2D eigenvalue weighted by Crippen LogP contribution is -2.23. The molecule has 0 saturated carbocycles. The van der Waals surface area contributed by atoms with Crippen LogP contribution in [0.2, 0.25) is 5.02 Å². The average Bonchev–Trinajstić information content (AvgIpc) is 3.17. The highest BCUT2D eigenvalue weighted by atomic mass is 35.5. The van der Waals surface area contributed by atoms with E-state index in [4.69, 9.17) is 11.6 Å². The number of sulfonamides is 1. The number of hydrogen-bond donors (Lipinski definition) is 1. The zero-order chi connectivity index (χ0) is 19.6. The van der Waals surface area contributed by atoms with E-state index in [1.165, 1.54) is 45.1 Å². The van der Waals surface area contributed by atoms with Gasteiger partial charge in [0.2, 0.25) is 10.0 Å². The third-order valence-corrected chi connectivity index (χ3v) is 6.56. The highest BCUT2D eigenvalue weighted by Gasteiger charge is 2.21. The molecule has 2 aromatic rings. The van der Waals surface area contributed by atoms with Crippen molar-refractivity contribution in [3.63, 3.8) is 0 Å². The predicted molar refractivity (Wildman–Crippen MR) is 106 cm³/mol. The number of anilines is 2. The van der Waals surface area contributed by atoms with E-state index in [0.29, 0.717) is 5.82 Å². The van der Waals surface area contributed by atoms with Gasteiger partial charge in [0.05, 0.1) is 27.4 Å². The number of halogens is 1. The maximum Gasteiger partial charge on any atom is 0.258 e. The van der Waals surface area contributed by atoms with Crippen LogP contribution in [-0.4, -0.2) is 50.8 Å². The summed E-state index contributed by atoms with van der Waals surface area (Å²) in [6.45, 7) is 2.02. The van der Waals surface area contributed by atoms with Crippen LogP contribution in [0.25, 0.3) is 0 Å². The van der Waals surface area contributed by atoms with E-state index in [-0.39, 0.29) is 15.5 Å². The molecule has 1 saturated heterocycles. The zero-order valence-corrected chi connectivity index (χ0v) is 16.7. The largest absolute Gasteiger partial charge is 0.370 e. The van der Waals surface area contributed by atoms with Crippen molar-refractivity contribution < 1.29 is 13.2 Å². The van der Waals surface area contributed by atoms with Crippen molar-refractivity contribution in [2.24, 2.45) is 0 Å². The number of nitrogens with one attached hydrogen (secondary N) is 1. The lowest BCUT2D eigenvalue weighted by atomic mass is 10.2. The standard InChI is InChI=1S/C18H21ClN4O3S/c1-22(2)27(25,26)14-6-7-16(19)15(11-14)18(24)21-17-8-5-13(12-20-17)23-9-3-4-10-23/h5-8,11-12H,3-4,9-10H2,1-2H3,(H,20,21,24). The van der Waals surface area contributed by atoms with Crippen molar-refractivity contribution in [3.8, 4) is 0 Å². The molecule has 1 aliphatic rings. The Labute approximate surface area is 164 Å². The van der Waals surface area contributed by atoms with Crippen LogP contribution in [0.5, 0.6) is 0 Å². The number of rotatable bonds is 5. The maximum atomic E-state index is 12.6. The number of carbonyl (C=O) groups excluding carboxylic acids is 1. The predicted octanol–water partition coefficient (Wildman–Crippen LogP) is 2.84. The molecule has 0 atom stereocenters. The minimum atomic E-state index is -3.66. The van der Waals surface area contributed by atoms with Gasteiger partial charge in [-0.15, -0.1) is 0 Å². The highest BCUT2D eigenvalue weighted by Crippen LogP contribution is 2.24. The number of carbonyl (C=O) groups is 1. The second-order valence-electron chi connectivity index (χ2n) is 6.48. The summed E-state index contributed by atoms with van der Waals surface area (Å²) in [6, 6.07) is 7.67. The molecular weight excluding hydrogens is 388 g/mol. The number of benzene rings is 1. The monoisotopic (exact) mass is 408 g/mol. The fourth-order valence-corrected chi connectivity index (χ4v) is 3.99. The molecular formula is C18H21ClN4O3S. The van der Waals surface area contributed by atoms with E-state index in [1.54, 1.807) is 12.3 Å². The van der Waals surface area contributed by atoms with Gasteiger partial charge in [-0.05, 0) is 43.2 Å². The molecule has 1 aromatic heterocycles. The highest BCUT2D eigenvalue weighted by molar-refractivity contribution is 7.89. The van der Waals surface area contributed by atoms with Crippen LogP contribution in [0.3, 0.4) is 0 Å². The van der Waals surface area contributed by atoms with E-state index >= 15 is 0 Å². The molecule has 1 N–H and O–H groups in total. The summed E-state index contributed by atoms with van der Waals surface area (Å²) in [6.07, 6.45) is 4.06. The topological polar surface area (TPSA) is 82.6 Å². The number of nitrogens with zero attached hydrogens (tertiary/aromatic N) is 3. The van der Waals surface area contributed by atoms with Crippen molar-refractivity contribution in [2.45, 2.75) is 17.7 Å². The molecule has 0 unspecified atom stereocenters. The van der Waals surface area contributed by atoms with Gasteiger partial charge >= 0.3 is 0 Å². The molecule has 1 fully saturated rings. The minimum absolute atomic E-state index is 0.000564. The van der Waals surface area contributed by atoms with Gasteiger partial charge in [0.25, 0.3) is 5.91 Å². The summed E-state index contributed by atoms with van der Waals surface area (Å²) < 4.78 is 25.6. The Hall–Kier alpha value is -2.16. The zero-order valence-electron chi connectivity index (χ0n) is 15.1. The van der Waals surface area contributed by atoms with Crippen molar-refractivity contribution in [2.75, 3.05) is 37.4 Å². The summed E-state index contributed by atoms with van der Waals surface area (Å²) in [7, 11) is -0.812. The van der Waals surface area contributed by atoms with Gasteiger partial charge in [-0.25, -0.2) is 17.7 Å². The Kier molecular flexibility index (Phi) is 5.69. The molecule has 0 radical (unpaired) electrons. The smallest absolute Gasteiger partial charge is 0.258 e. The van der Waals surface area contributed by atoms with E-state index in [2.05, 4.69) is 15.2 Å². The van der Waals surface area contributed by atoms with Gasteiger partial charge in [-0.2, -0.15) is 0 Å². The number of hydrogen-bond acceptors (Lipinski definition) is 5. The number of amides is 1. The van der Waals surface area contributed by atoms with E-state index in [0.717, 1.165) is 23.1 Å². The molecule has 144 valence electrons. The summed E-state index contributed by atoms with van der Waals surface area (Å²) in [5.41, 5.74) is 1.09. The second-order valence-corrected chi connectivity index (χ2v) is 9.04. The summed E-state index contributed by atoms with van der Waals surface area (Å²) >= 11 is 6.10. The molecule has 2 heterocycles. The Morgan fingerprint density at radius 3 is 2.48 bits per heavy atom. The number of aromatic nitrogens is 1. The Morgan fingerprint density at radius 1 is 1.19 bits per heavy atom. The van der Waals surface area contributed by atoms with Crippen LogP contribution < -0.4 is 10.2 Å². The molecule has 9 heteroatoms. The van der Waals surface area contributed by atoms with Gasteiger partial charge in [-0.1, -0.05) is 11.6 Å². The van der Waals surface area contributed by atoms with Crippen molar-refractivity contribution in [1.82, 2.24) is 9.29 Å². The van der Waals surface area contributed by atoms with Crippen LogP contribution in [0.15, 0.2) is 41.4 Å². The van der Waals surface area contributed by atoms with Crippen LogP contribution in [0.1, 0.15) is 23.2 Å². The quantitative estimate of drug-likeness (QED) is 0.822. The Balaban J connectivity index is 1.79. The molecule has 0 bridgehead atoms. The molecule has 7 nitrogen and oxygen atoms in total. The van der Waals surface area contributed by atoms with Gasteiger partial charge in [-0.3, -0.25) is 4.79 Å². The average molecular weight is 409 g/mol. The SMILES string of the molecule is CN(C)S(=O)(=O)c1ccc(Cl)c(C(=O)Nc2ccc(N3CCCC3)cn2)c1. The fraction of sp³-hybridized carbons (Fsp3) is 0.333. The molecule has 1 aliphatic heterocycles. The number of pyridine rings is 1. The van der Waals surface area contributed by atoms with Crippen LogP contribution in [0.4, 0.5) is 11.5 Å². The normalized spacial score (nSPS) is 14.6. The molecule has 0 spiro atoms. The lowest BCUT2D eigenvalue weighted by Gasteiger charge is -2.17. The maximum absolute atomic E-state index is 12.6. The minimum Gasteiger partial charge on any atom is -0.370 e. The fourth-order valence-electron chi connectivity index (χ4n) is 2.86. The molecule has 1 aromatic carbocycles. The van der Waals surface area contributed by atoms with E-state index in [1.807, 2.05) is 6.07 Å². The van der Waals surface area contributed by atoms with Crippen molar-refractivity contribution in [1.29, 1.82) is 0 Å². The Morgan fingerprint density at radius 2 is 1.89 bits per heavy atom. The molecule has 27 heavy (non-hydrogen) atoms. The van der Waals surface area contributed by atoms with Crippen LogP contribution in [-0.2, 0) is 10.0 Å². The van der Waals surface area contributed by atoms with E-state index < -0.39 is 15.9 Å². The third kappa shape index (κ3) is 4.23. The van der Waals surface area contributed by atoms with E-state index in [9.17, 15) is 13.2 Å². The summed E-state index contributed by atoms with van der Waals surface area (Å²) in [4.78, 5) is 19.1. The molecule has 3 rings (SSSR count). The summed E-state index contributed by atoms with van der Waals surface area (Å²) in [5, 5.41) is 2.83. The van der Waals surface area contributed by atoms with Gasteiger partial charge < -0.3 is 10.2 Å². The first kappa shape index (κ1) is 19.6. The third-order valence-electron chi connectivity index (χ3n) is 4.42. The first-order chi connectivity index (χ1) is 12.8. The van der Waals surface area contributed by atoms with Crippen LogP contribution >= 0.6 is 11.6 Å². The van der Waals surface area contributed by atoms with Gasteiger partial charge in [0, 0.05) is 27.2 Å². The molecule has 1 amide bonds. The Bertz CT molecular complexity index is 940. The van der Waals surface area contributed by atoms with Crippen molar-refractivity contribution in [3.05, 3.63) is 47.1 Å². The first-order valence-corrected chi connectivity index (χ1v) is 10.4. The molecule has 0 aliphatic carbocycles.